The van der Waals surface area contributed by atoms with Crippen LogP contribution in [0.2, 0.25) is 0 Å². The molecule has 3 nitrogen and oxygen atoms in total. The lowest BCUT2D eigenvalue weighted by molar-refractivity contribution is -0.130. The summed E-state index contributed by atoms with van der Waals surface area (Å²) in [6.45, 7) is 7.41. The molecule has 2 aliphatic heterocycles. The number of carbonyl (C=O) groups excluding carboxylic acids is 1. The second-order valence-corrected chi connectivity index (χ2v) is 6.27. The Morgan fingerprint density at radius 1 is 1.32 bits per heavy atom. The van der Waals surface area contributed by atoms with E-state index in [4.69, 9.17) is 4.74 Å². The number of hydrogen-bond donors (Lipinski definition) is 0. The van der Waals surface area contributed by atoms with Gasteiger partial charge in [-0.1, -0.05) is 6.92 Å². The van der Waals surface area contributed by atoms with Gasteiger partial charge in [0.05, 0.1) is 11.6 Å². The maximum absolute atomic E-state index is 12.6. The number of carbonyl (C=O) groups is 1. The van der Waals surface area contributed by atoms with E-state index >= 15 is 0 Å². The second kappa shape index (κ2) is 6.85. The standard InChI is InChI=1S/C16H29NO2/c1-3-16(2,17-11-4-5-12-17)15(18)10-6-8-14-9-7-13-19-14/h14H,3-13H2,1-2H3. The maximum Gasteiger partial charge on any atom is 0.152 e. The van der Waals surface area contributed by atoms with Gasteiger partial charge in [0.25, 0.3) is 0 Å². The molecule has 0 N–H and O–H groups in total. The minimum atomic E-state index is -0.215. The van der Waals surface area contributed by atoms with E-state index in [2.05, 4.69) is 18.7 Å². The van der Waals surface area contributed by atoms with Crippen molar-refractivity contribution in [3.63, 3.8) is 0 Å². The molecule has 2 rings (SSSR count). The third kappa shape index (κ3) is 3.57. The van der Waals surface area contributed by atoms with Crippen LogP contribution in [0.4, 0.5) is 0 Å². The summed E-state index contributed by atoms with van der Waals surface area (Å²) in [4.78, 5) is 15.0. The van der Waals surface area contributed by atoms with Crippen molar-refractivity contribution in [1.29, 1.82) is 0 Å². The van der Waals surface area contributed by atoms with Crippen molar-refractivity contribution in [2.45, 2.75) is 76.9 Å². The summed E-state index contributed by atoms with van der Waals surface area (Å²) in [5, 5.41) is 0. The number of ether oxygens (including phenoxy) is 1. The quantitative estimate of drug-likeness (QED) is 0.709. The van der Waals surface area contributed by atoms with E-state index in [0.717, 1.165) is 45.4 Å². The molecule has 110 valence electrons. The molecule has 0 amide bonds. The van der Waals surface area contributed by atoms with Gasteiger partial charge in [-0.25, -0.2) is 0 Å². The molecule has 0 saturated carbocycles. The predicted molar refractivity (Wildman–Crippen MR) is 77.3 cm³/mol. The van der Waals surface area contributed by atoms with Gasteiger partial charge in [0.1, 0.15) is 0 Å². The van der Waals surface area contributed by atoms with E-state index < -0.39 is 0 Å². The highest BCUT2D eigenvalue weighted by atomic mass is 16.5. The number of ketones is 1. The summed E-state index contributed by atoms with van der Waals surface area (Å²) in [5.41, 5.74) is -0.215. The molecule has 0 bridgehead atoms. The van der Waals surface area contributed by atoms with Crippen molar-refractivity contribution < 1.29 is 9.53 Å². The number of rotatable bonds is 7. The average molecular weight is 267 g/mol. The SMILES string of the molecule is CCC(C)(C(=O)CCCC1CCCO1)N1CCCC1. The molecule has 0 aliphatic carbocycles. The minimum absolute atomic E-state index is 0.215. The zero-order valence-electron chi connectivity index (χ0n) is 12.6. The van der Waals surface area contributed by atoms with E-state index in [1.165, 1.54) is 25.7 Å². The van der Waals surface area contributed by atoms with Gasteiger partial charge < -0.3 is 4.74 Å². The van der Waals surface area contributed by atoms with Crippen molar-refractivity contribution in [3.8, 4) is 0 Å². The van der Waals surface area contributed by atoms with Crippen molar-refractivity contribution in [1.82, 2.24) is 4.90 Å². The molecular formula is C16H29NO2. The molecule has 2 heterocycles. The number of likely N-dealkylation sites (tertiary alicyclic amines) is 1. The molecule has 19 heavy (non-hydrogen) atoms. The van der Waals surface area contributed by atoms with Crippen molar-refractivity contribution in [3.05, 3.63) is 0 Å². The second-order valence-electron chi connectivity index (χ2n) is 6.27. The lowest BCUT2D eigenvalue weighted by Gasteiger charge is -2.36. The van der Waals surface area contributed by atoms with E-state index in [0.29, 0.717) is 11.9 Å². The molecule has 2 aliphatic rings. The number of Topliss-reactive ketones (excluding diaryl/α,β-unsaturated/α-hetero) is 1. The molecule has 2 unspecified atom stereocenters. The molecule has 2 fully saturated rings. The fraction of sp³-hybridized carbons (Fsp3) is 0.938. The first-order chi connectivity index (χ1) is 9.16. The summed E-state index contributed by atoms with van der Waals surface area (Å²) in [7, 11) is 0. The third-order valence-corrected chi connectivity index (χ3v) is 5.05. The highest BCUT2D eigenvalue weighted by molar-refractivity contribution is 5.87. The Balaban J connectivity index is 1.78. The number of nitrogens with zero attached hydrogens (tertiary/aromatic N) is 1. The smallest absolute Gasteiger partial charge is 0.152 e. The Bertz CT molecular complexity index is 293. The first-order valence-corrected chi connectivity index (χ1v) is 8.07. The Hall–Kier alpha value is -0.410. The van der Waals surface area contributed by atoms with E-state index in [-0.39, 0.29) is 5.54 Å². The summed E-state index contributed by atoms with van der Waals surface area (Å²) in [6, 6.07) is 0. The Morgan fingerprint density at radius 2 is 2.05 bits per heavy atom. The van der Waals surface area contributed by atoms with Gasteiger partial charge >= 0.3 is 0 Å². The summed E-state index contributed by atoms with van der Waals surface area (Å²) >= 11 is 0. The van der Waals surface area contributed by atoms with Crippen molar-refractivity contribution in [2.75, 3.05) is 19.7 Å². The fourth-order valence-electron chi connectivity index (χ4n) is 3.44. The predicted octanol–water partition coefficient (Wildman–Crippen LogP) is 3.17. The lowest BCUT2D eigenvalue weighted by atomic mass is 9.88. The summed E-state index contributed by atoms with van der Waals surface area (Å²) in [5.74, 6) is 0.440. The van der Waals surface area contributed by atoms with Crippen LogP contribution in [0.1, 0.15) is 65.2 Å². The van der Waals surface area contributed by atoms with Gasteiger partial charge in [0.15, 0.2) is 5.78 Å². The molecule has 0 radical (unpaired) electrons. The first-order valence-electron chi connectivity index (χ1n) is 8.07. The van der Waals surface area contributed by atoms with E-state index in [9.17, 15) is 4.79 Å². The molecule has 2 atom stereocenters. The van der Waals surface area contributed by atoms with Crippen molar-refractivity contribution >= 4 is 5.78 Å². The highest BCUT2D eigenvalue weighted by Crippen LogP contribution is 2.28. The van der Waals surface area contributed by atoms with Crippen LogP contribution < -0.4 is 0 Å². The first kappa shape index (κ1) is 15.0. The number of hydrogen-bond acceptors (Lipinski definition) is 3. The maximum atomic E-state index is 12.6. The van der Waals surface area contributed by atoms with E-state index in [1.807, 2.05) is 0 Å². The van der Waals surface area contributed by atoms with Crippen LogP contribution in [0.25, 0.3) is 0 Å². The summed E-state index contributed by atoms with van der Waals surface area (Å²) in [6.07, 6.45) is 9.01. The van der Waals surface area contributed by atoms with Crippen LogP contribution in [0.3, 0.4) is 0 Å². The molecule has 2 saturated heterocycles. The molecule has 0 spiro atoms. The Morgan fingerprint density at radius 3 is 2.63 bits per heavy atom. The highest BCUT2D eigenvalue weighted by Gasteiger charge is 2.38. The van der Waals surface area contributed by atoms with Gasteiger partial charge in [-0.05, 0) is 65.0 Å². The Kier molecular flexibility index (Phi) is 5.40. The zero-order chi connectivity index (χ0) is 13.7. The van der Waals surface area contributed by atoms with Gasteiger partial charge in [-0.3, -0.25) is 9.69 Å². The van der Waals surface area contributed by atoms with Crippen LogP contribution in [0.5, 0.6) is 0 Å². The van der Waals surface area contributed by atoms with Crippen LogP contribution in [-0.4, -0.2) is 42.0 Å². The average Bonchev–Trinajstić information content (AvgIpc) is 3.10. The molecule has 0 aromatic carbocycles. The van der Waals surface area contributed by atoms with Crippen LogP contribution in [-0.2, 0) is 9.53 Å². The molecular weight excluding hydrogens is 238 g/mol. The van der Waals surface area contributed by atoms with Crippen LogP contribution in [0, 0.1) is 0 Å². The summed E-state index contributed by atoms with van der Waals surface area (Å²) < 4.78 is 5.62. The molecule has 0 aromatic rings. The van der Waals surface area contributed by atoms with Crippen LogP contribution >= 0.6 is 0 Å². The largest absolute Gasteiger partial charge is 0.378 e. The molecule has 0 aromatic heterocycles. The van der Waals surface area contributed by atoms with E-state index in [1.54, 1.807) is 0 Å². The van der Waals surface area contributed by atoms with Crippen LogP contribution in [0.15, 0.2) is 0 Å². The third-order valence-electron chi connectivity index (χ3n) is 5.05. The van der Waals surface area contributed by atoms with Gasteiger partial charge in [-0.2, -0.15) is 0 Å². The Labute approximate surface area is 117 Å². The monoisotopic (exact) mass is 267 g/mol. The fourth-order valence-corrected chi connectivity index (χ4v) is 3.44. The van der Waals surface area contributed by atoms with Gasteiger partial charge in [0.2, 0.25) is 0 Å². The minimum Gasteiger partial charge on any atom is -0.378 e. The molecule has 3 heteroatoms. The van der Waals surface area contributed by atoms with Crippen molar-refractivity contribution in [2.24, 2.45) is 0 Å². The van der Waals surface area contributed by atoms with Gasteiger partial charge in [0, 0.05) is 13.0 Å². The van der Waals surface area contributed by atoms with Gasteiger partial charge in [-0.15, -0.1) is 0 Å². The topological polar surface area (TPSA) is 29.5 Å². The zero-order valence-corrected chi connectivity index (χ0v) is 12.6. The normalized spacial score (nSPS) is 27.6. The lowest BCUT2D eigenvalue weighted by Crippen LogP contribution is -2.50.